The molecule has 1 aromatic carbocycles. The zero-order valence-electron chi connectivity index (χ0n) is 16.2. The van der Waals surface area contributed by atoms with E-state index in [2.05, 4.69) is 67.6 Å². The zero-order chi connectivity index (χ0) is 18.9. The summed E-state index contributed by atoms with van der Waals surface area (Å²) in [6, 6.07) is 8.79. The van der Waals surface area contributed by atoms with Crippen LogP contribution in [0.5, 0.6) is 0 Å². The molecule has 2 heteroatoms. The third-order valence-corrected chi connectivity index (χ3v) is 4.31. The van der Waals surface area contributed by atoms with Crippen molar-refractivity contribution in [2.75, 3.05) is 0 Å². The Morgan fingerprint density at radius 1 is 0.885 bits per heavy atom. The molecule has 1 rings (SSSR count). The Hall–Kier alpha value is -2.09. The molecule has 1 N–H and O–H groups in total. The van der Waals surface area contributed by atoms with Gasteiger partial charge in [-0.2, -0.15) is 0 Å². The van der Waals surface area contributed by atoms with Gasteiger partial charge in [0.05, 0.1) is 0 Å². The highest BCUT2D eigenvalue weighted by Gasteiger charge is 1.99. The van der Waals surface area contributed by atoms with Gasteiger partial charge in [0, 0.05) is 6.42 Å². The third kappa shape index (κ3) is 11.5. The highest BCUT2D eigenvalue weighted by Crippen LogP contribution is 2.14. The van der Waals surface area contributed by atoms with Crippen molar-refractivity contribution in [2.24, 2.45) is 0 Å². The first-order chi connectivity index (χ1) is 12.7. The van der Waals surface area contributed by atoms with Gasteiger partial charge >= 0.3 is 5.97 Å². The van der Waals surface area contributed by atoms with Gasteiger partial charge in [-0.25, -0.2) is 0 Å². The first-order valence-electron chi connectivity index (χ1n) is 9.97. The van der Waals surface area contributed by atoms with E-state index < -0.39 is 5.97 Å². The molecule has 2 nitrogen and oxygen atoms in total. The Labute approximate surface area is 159 Å². The number of benzene rings is 1. The Morgan fingerprint density at radius 3 is 2.23 bits per heavy atom. The molecule has 0 saturated carbocycles. The van der Waals surface area contributed by atoms with Crippen LogP contribution < -0.4 is 0 Å². The standard InChI is InChI=1S/C24H34O2/c1-2-3-12-17-22-19-15-16-20-23(22)18-13-10-8-6-4-5-7-9-11-14-21-24(25)26/h4,6-7,9-10,13,15-16,19-20H,2-3,5,8,11-12,14,17-18,21H2,1H3,(H,25,26)/b6-4-,9-7-,13-10-. The molecule has 142 valence electrons. The molecule has 0 unspecified atom stereocenters. The van der Waals surface area contributed by atoms with Crippen molar-refractivity contribution in [3.63, 3.8) is 0 Å². The maximum Gasteiger partial charge on any atom is 0.303 e. The number of rotatable bonds is 14. The first-order valence-corrected chi connectivity index (χ1v) is 9.97. The van der Waals surface area contributed by atoms with E-state index in [1.807, 2.05) is 0 Å². The molecule has 0 atom stereocenters. The predicted octanol–water partition coefficient (Wildman–Crippen LogP) is 6.67. The van der Waals surface area contributed by atoms with Crippen molar-refractivity contribution in [3.05, 3.63) is 71.8 Å². The number of aliphatic carboxylic acids is 1. The normalized spacial score (nSPS) is 11.9. The van der Waals surface area contributed by atoms with Crippen LogP contribution in [-0.2, 0) is 17.6 Å². The van der Waals surface area contributed by atoms with E-state index in [1.165, 1.54) is 36.8 Å². The predicted molar refractivity (Wildman–Crippen MR) is 112 cm³/mol. The van der Waals surface area contributed by atoms with Gasteiger partial charge < -0.3 is 5.11 Å². The summed E-state index contributed by atoms with van der Waals surface area (Å²) in [5, 5.41) is 8.55. The number of unbranched alkanes of at least 4 members (excludes halogenated alkanes) is 3. The lowest BCUT2D eigenvalue weighted by atomic mass is 9.99. The summed E-state index contributed by atoms with van der Waals surface area (Å²) in [7, 11) is 0. The lowest BCUT2D eigenvalue weighted by Gasteiger charge is -2.07. The van der Waals surface area contributed by atoms with Crippen LogP contribution in [0.4, 0.5) is 0 Å². The largest absolute Gasteiger partial charge is 0.481 e. The van der Waals surface area contributed by atoms with Crippen molar-refractivity contribution in [3.8, 4) is 0 Å². The van der Waals surface area contributed by atoms with Gasteiger partial charge in [0.25, 0.3) is 0 Å². The maximum absolute atomic E-state index is 10.4. The number of carboxylic acid groups (broad SMARTS) is 1. The highest BCUT2D eigenvalue weighted by molar-refractivity contribution is 5.66. The van der Waals surface area contributed by atoms with Gasteiger partial charge in [0.1, 0.15) is 0 Å². The van der Waals surface area contributed by atoms with E-state index in [-0.39, 0.29) is 6.42 Å². The molecule has 0 radical (unpaired) electrons. The lowest BCUT2D eigenvalue weighted by Crippen LogP contribution is -1.93. The summed E-state index contributed by atoms with van der Waals surface area (Å²) >= 11 is 0. The third-order valence-electron chi connectivity index (χ3n) is 4.31. The first kappa shape index (κ1) is 22.0. The lowest BCUT2D eigenvalue weighted by molar-refractivity contribution is -0.137. The van der Waals surface area contributed by atoms with E-state index in [9.17, 15) is 4.79 Å². The molecule has 0 spiro atoms. The number of carbonyl (C=O) groups is 1. The molecule has 0 bridgehead atoms. The number of allylic oxidation sites excluding steroid dienone is 6. The minimum atomic E-state index is -0.714. The van der Waals surface area contributed by atoms with E-state index in [0.29, 0.717) is 0 Å². The Balaban J connectivity index is 2.21. The van der Waals surface area contributed by atoms with E-state index in [4.69, 9.17) is 5.11 Å². The molecule has 1 aromatic rings. The van der Waals surface area contributed by atoms with Crippen LogP contribution in [-0.4, -0.2) is 11.1 Å². The van der Waals surface area contributed by atoms with E-state index >= 15 is 0 Å². The summed E-state index contributed by atoms with van der Waals surface area (Å²) < 4.78 is 0. The molecular weight excluding hydrogens is 320 g/mol. The number of hydrogen-bond donors (Lipinski definition) is 1. The van der Waals surface area contributed by atoms with Crippen molar-refractivity contribution < 1.29 is 9.90 Å². The molecule has 0 aromatic heterocycles. The zero-order valence-corrected chi connectivity index (χ0v) is 16.2. The Morgan fingerprint density at radius 2 is 1.54 bits per heavy atom. The smallest absolute Gasteiger partial charge is 0.303 e. The fourth-order valence-electron chi connectivity index (χ4n) is 2.81. The summed E-state index contributed by atoms with van der Waals surface area (Å²) in [5.74, 6) is -0.714. The molecule has 26 heavy (non-hydrogen) atoms. The van der Waals surface area contributed by atoms with Crippen LogP contribution in [0.3, 0.4) is 0 Å². The molecule has 0 aliphatic carbocycles. The van der Waals surface area contributed by atoms with Crippen LogP contribution >= 0.6 is 0 Å². The van der Waals surface area contributed by atoms with Crippen LogP contribution in [0, 0.1) is 0 Å². The molecule has 0 heterocycles. The van der Waals surface area contributed by atoms with Crippen LogP contribution in [0.15, 0.2) is 60.7 Å². The van der Waals surface area contributed by atoms with Crippen molar-refractivity contribution in [2.45, 2.75) is 71.1 Å². The SMILES string of the molecule is CCCCCc1ccccc1C/C=C\C/C=C\C/C=C\CCCC(=O)O. The second-order valence-electron chi connectivity index (χ2n) is 6.60. The van der Waals surface area contributed by atoms with Crippen LogP contribution in [0.1, 0.15) is 69.4 Å². The van der Waals surface area contributed by atoms with Crippen molar-refractivity contribution in [1.29, 1.82) is 0 Å². The monoisotopic (exact) mass is 354 g/mol. The maximum atomic E-state index is 10.4. The Bertz CT molecular complexity index is 582. The quantitative estimate of drug-likeness (QED) is 0.299. The molecule has 0 saturated heterocycles. The summed E-state index contributed by atoms with van der Waals surface area (Å²) in [4.78, 5) is 10.4. The van der Waals surface area contributed by atoms with Gasteiger partial charge in [0.15, 0.2) is 0 Å². The topological polar surface area (TPSA) is 37.3 Å². The second-order valence-corrected chi connectivity index (χ2v) is 6.60. The summed E-state index contributed by atoms with van der Waals surface area (Å²) in [6.45, 7) is 2.25. The van der Waals surface area contributed by atoms with Gasteiger partial charge in [-0.3, -0.25) is 4.79 Å². The fourth-order valence-corrected chi connectivity index (χ4v) is 2.81. The van der Waals surface area contributed by atoms with Gasteiger partial charge in [-0.1, -0.05) is 80.5 Å². The molecule has 0 amide bonds. The van der Waals surface area contributed by atoms with E-state index in [1.54, 1.807) is 0 Å². The minimum absolute atomic E-state index is 0.257. The average Bonchev–Trinajstić information content (AvgIpc) is 2.63. The van der Waals surface area contributed by atoms with Crippen LogP contribution in [0.25, 0.3) is 0 Å². The fraction of sp³-hybridized carbons (Fsp3) is 0.458. The second kappa shape index (κ2) is 15.2. The average molecular weight is 355 g/mol. The number of hydrogen-bond acceptors (Lipinski definition) is 1. The van der Waals surface area contributed by atoms with Crippen LogP contribution in [0.2, 0.25) is 0 Å². The Kier molecular flexibility index (Phi) is 12.8. The van der Waals surface area contributed by atoms with E-state index in [0.717, 1.165) is 32.1 Å². The summed E-state index contributed by atoms with van der Waals surface area (Å²) in [6.07, 6.45) is 22.8. The number of carboxylic acids is 1. The summed E-state index contributed by atoms with van der Waals surface area (Å²) in [5.41, 5.74) is 2.95. The minimum Gasteiger partial charge on any atom is -0.481 e. The number of aryl methyl sites for hydroxylation is 1. The van der Waals surface area contributed by atoms with Gasteiger partial charge in [-0.15, -0.1) is 0 Å². The highest BCUT2D eigenvalue weighted by atomic mass is 16.4. The molecular formula is C24H34O2. The van der Waals surface area contributed by atoms with Crippen molar-refractivity contribution in [1.82, 2.24) is 0 Å². The molecule has 0 aliphatic rings. The van der Waals surface area contributed by atoms with Crippen molar-refractivity contribution >= 4 is 5.97 Å². The molecule has 0 fully saturated rings. The van der Waals surface area contributed by atoms with Gasteiger partial charge in [0.2, 0.25) is 0 Å². The molecule has 0 aliphatic heterocycles. The van der Waals surface area contributed by atoms with Gasteiger partial charge in [-0.05, 0) is 56.1 Å².